The van der Waals surface area contributed by atoms with Crippen molar-refractivity contribution in [3.8, 4) is 0 Å². The fraction of sp³-hybridized carbons (Fsp3) is 0.333. The molecule has 0 saturated carbocycles. The highest BCUT2D eigenvalue weighted by atomic mass is 16.4. The third-order valence-corrected chi connectivity index (χ3v) is 2.92. The first-order chi connectivity index (χ1) is 8.65. The van der Waals surface area contributed by atoms with Crippen molar-refractivity contribution >= 4 is 5.84 Å². The fourth-order valence-electron chi connectivity index (χ4n) is 1.90. The molecule has 0 aliphatic heterocycles. The van der Waals surface area contributed by atoms with Crippen molar-refractivity contribution in [3.05, 3.63) is 41.5 Å². The zero-order valence-electron chi connectivity index (χ0n) is 10.5. The van der Waals surface area contributed by atoms with Gasteiger partial charge in [-0.15, -0.1) is 0 Å². The smallest absolute Gasteiger partial charge is 0.186 e. The van der Waals surface area contributed by atoms with E-state index in [1.807, 2.05) is 34.6 Å². The highest BCUT2D eigenvalue weighted by molar-refractivity contribution is 5.95. The van der Waals surface area contributed by atoms with Gasteiger partial charge in [0, 0.05) is 13.2 Å². The topological polar surface area (TPSA) is 81.4 Å². The summed E-state index contributed by atoms with van der Waals surface area (Å²) in [6, 6.07) is 5.74. The summed E-state index contributed by atoms with van der Waals surface area (Å²) in [5.41, 5.74) is 8.45. The van der Waals surface area contributed by atoms with Crippen LogP contribution in [0.4, 0.5) is 0 Å². The lowest BCUT2D eigenvalue weighted by Crippen LogP contribution is -2.19. The van der Waals surface area contributed by atoms with Gasteiger partial charge in [0.2, 0.25) is 0 Å². The van der Waals surface area contributed by atoms with E-state index in [4.69, 9.17) is 10.9 Å². The Balaban J connectivity index is 2.29. The fourth-order valence-corrected chi connectivity index (χ4v) is 1.90. The van der Waals surface area contributed by atoms with E-state index in [0.29, 0.717) is 12.2 Å². The van der Waals surface area contributed by atoms with Crippen LogP contribution < -0.4 is 5.73 Å². The minimum absolute atomic E-state index is 0.109. The SMILES string of the molecule is CCc1cc(Cn2cccc2/C(N)=N/O)n(C)n1. The molecule has 6 nitrogen and oxygen atoms in total. The Kier molecular flexibility index (Phi) is 3.36. The van der Waals surface area contributed by atoms with E-state index in [1.54, 1.807) is 0 Å². The lowest BCUT2D eigenvalue weighted by Gasteiger charge is -2.08. The second-order valence-electron chi connectivity index (χ2n) is 4.11. The van der Waals surface area contributed by atoms with E-state index in [0.717, 1.165) is 17.8 Å². The number of aromatic nitrogens is 3. The minimum atomic E-state index is 0.109. The number of hydrogen-bond acceptors (Lipinski definition) is 3. The first-order valence-electron chi connectivity index (χ1n) is 5.80. The van der Waals surface area contributed by atoms with Crippen molar-refractivity contribution in [2.75, 3.05) is 0 Å². The molecule has 0 radical (unpaired) electrons. The molecule has 0 amide bonds. The molecule has 96 valence electrons. The van der Waals surface area contributed by atoms with E-state index in [9.17, 15) is 0 Å². The highest BCUT2D eigenvalue weighted by Gasteiger charge is 2.09. The van der Waals surface area contributed by atoms with E-state index in [1.165, 1.54) is 0 Å². The maximum Gasteiger partial charge on any atom is 0.186 e. The van der Waals surface area contributed by atoms with Gasteiger partial charge >= 0.3 is 0 Å². The van der Waals surface area contributed by atoms with Crippen LogP contribution in [-0.4, -0.2) is 25.4 Å². The standard InChI is InChI=1S/C12H17N5O/c1-3-9-7-10(16(2)14-9)8-17-6-4-5-11(17)12(13)15-18/h4-7,18H,3,8H2,1-2H3,(H2,13,15). The normalized spacial score (nSPS) is 12.0. The average Bonchev–Trinajstić information content (AvgIpc) is 2.96. The Hall–Kier alpha value is -2.24. The van der Waals surface area contributed by atoms with Crippen molar-refractivity contribution in [2.24, 2.45) is 17.9 Å². The monoisotopic (exact) mass is 247 g/mol. The summed E-state index contributed by atoms with van der Waals surface area (Å²) in [7, 11) is 1.92. The number of rotatable bonds is 4. The molecule has 2 rings (SSSR count). The number of amidine groups is 1. The van der Waals surface area contributed by atoms with Crippen molar-refractivity contribution in [2.45, 2.75) is 19.9 Å². The van der Waals surface area contributed by atoms with Gasteiger partial charge in [0.05, 0.1) is 23.6 Å². The zero-order chi connectivity index (χ0) is 13.1. The van der Waals surface area contributed by atoms with Crippen LogP contribution in [0, 0.1) is 0 Å². The maximum atomic E-state index is 8.73. The molecule has 2 aromatic heterocycles. The van der Waals surface area contributed by atoms with Crippen molar-refractivity contribution in [1.82, 2.24) is 14.3 Å². The molecular weight excluding hydrogens is 230 g/mol. The number of nitrogens with zero attached hydrogens (tertiary/aromatic N) is 4. The number of hydrogen-bond donors (Lipinski definition) is 2. The summed E-state index contributed by atoms with van der Waals surface area (Å²) in [5.74, 6) is 0.109. The molecule has 0 bridgehead atoms. The predicted octanol–water partition coefficient (Wildman–Crippen LogP) is 0.927. The third-order valence-electron chi connectivity index (χ3n) is 2.92. The molecule has 0 spiro atoms. The Labute approximate surface area is 105 Å². The van der Waals surface area contributed by atoms with Crippen LogP contribution in [0.2, 0.25) is 0 Å². The number of nitrogens with two attached hydrogens (primary N) is 1. The number of aryl methyl sites for hydroxylation is 2. The van der Waals surface area contributed by atoms with E-state index in [-0.39, 0.29) is 5.84 Å². The van der Waals surface area contributed by atoms with Gasteiger partial charge in [-0.3, -0.25) is 4.68 Å². The van der Waals surface area contributed by atoms with Gasteiger partial charge in [-0.05, 0) is 24.6 Å². The molecule has 0 atom stereocenters. The van der Waals surface area contributed by atoms with Gasteiger partial charge in [-0.25, -0.2) is 0 Å². The quantitative estimate of drug-likeness (QED) is 0.365. The maximum absolute atomic E-state index is 8.73. The van der Waals surface area contributed by atoms with E-state index >= 15 is 0 Å². The first-order valence-corrected chi connectivity index (χ1v) is 5.80. The third kappa shape index (κ3) is 2.22. The first kappa shape index (κ1) is 12.2. The predicted molar refractivity (Wildman–Crippen MR) is 68.6 cm³/mol. The molecule has 2 aromatic rings. The summed E-state index contributed by atoms with van der Waals surface area (Å²) in [4.78, 5) is 0. The molecule has 6 heteroatoms. The molecule has 0 aliphatic carbocycles. The molecular formula is C12H17N5O. The van der Waals surface area contributed by atoms with Crippen LogP contribution in [0.15, 0.2) is 29.6 Å². The molecule has 0 fully saturated rings. The van der Waals surface area contributed by atoms with Crippen LogP contribution in [-0.2, 0) is 20.0 Å². The van der Waals surface area contributed by atoms with Gasteiger partial charge in [-0.1, -0.05) is 12.1 Å². The molecule has 0 saturated heterocycles. The zero-order valence-corrected chi connectivity index (χ0v) is 10.5. The molecule has 0 aliphatic rings. The summed E-state index contributed by atoms with van der Waals surface area (Å²) in [6.07, 6.45) is 2.80. The van der Waals surface area contributed by atoms with Crippen molar-refractivity contribution in [1.29, 1.82) is 0 Å². The Bertz CT molecular complexity index is 567. The average molecular weight is 247 g/mol. The second kappa shape index (κ2) is 4.95. The second-order valence-corrected chi connectivity index (χ2v) is 4.11. The Morgan fingerprint density at radius 1 is 1.56 bits per heavy atom. The van der Waals surface area contributed by atoms with Crippen LogP contribution in [0.3, 0.4) is 0 Å². The molecule has 0 unspecified atom stereocenters. The molecule has 0 aromatic carbocycles. The van der Waals surface area contributed by atoms with Crippen molar-refractivity contribution in [3.63, 3.8) is 0 Å². The minimum Gasteiger partial charge on any atom is -0.409 e. The summed E-state index contributed by atoms with van der Waals surface area (Å²) >= 11 is 0. The summed E-state index contributed by atoms with van der Waals surface area (Å²) in [5, 5.41) is 16.2. The van der Waals surface area contributed by atoms with Crippen molar-refractivity contribution < 1.29 is 5.21 Å². The Morgan fingerprint density at radius 2 is 2.33 bits per heavy atom. The summed E-state index contributed by atoms with van der Waals surface area (Å²) < 4.78 is 3.78. The Morgan fingerprint density at radius 3 is 2.94 bits per heavy atom. The largest absolute Gasteiger partial charge is 0.409 e. The van der Waals surface area contributed by atoms with Crippen LogP contribution in [0.1, 0.15) is 24.0 Å². The van der Waals surface area contributed by atoms with Gasteiger partial charge < -0.3 is 15.5 Å². The lowest BCUT2D eigenvalue weighted by atomic mass is 10.3. The highest BCUT2D eigenvalue weighted by Crippen LogP contribution is 2.09. The van der Waals surface area contributed by atoms with E-state index in [2.05, 4.69) is 23.2 Å². The summed E-state index contributed by atoms with van der Waals surface area (Å²) in [6.45, 7) is 2.71. The van der Waals surface area contributed by atoms with Crippen LogP contribution >= 0.6 is 0 Å². The van der Waals surface area contributed by atoms with Crippen LogP contribution in [0.5, 0.6) is 0 Å². The van der Waals surface area contributed by atoms with Gasteiger partial charge in [0.15, 0.2) is 5.84 Å². The molecule has 18 heavy (non-hydrogen) atoms. The van der Waals surface area contributed by atoms with Gasteiger partial charge in [-0.2, -0.15) is 5.10 Å². The number of oxime groups is 1. The van der Waals surface area contributed by atoms with Crippen LogP contribution in [0.25, 0.3) is 0 Å². The molecule has 2 heterocycles. The van der Waals surface area contributed by atoms with E-state index < -0.39 is 0 Å². The van der Waals surface area contributed by atoms with Gasteiger partial charge in [0.25, 0.3) is 0 Å². The molecule has 3 N–H and O–H groups in total. The van der Waals surface area contributed by atoms with Gasteiger partial charge in [0.1, 0.15) is 0 Å². The lowest BCUT2D eigenvalue weighted by molar-refractivity contribution is 0.318.